The molecule has 0 aliphatic heterocycles. The van der Waals surface area contributed by atoms with E-state index in [2.05, 4.69) is 20.4 Å². The molecular formula is C22H22N4O5S2. The van der Waals surface area contributed by atoms with Crippen molar-refractivity contribution in [2.75, 3.05) is 5.32 Å². The molecular weight excluding hydrogens is 464 g/mol. The predicted octanol–water partition coefficient (Wildman–Crippen LogP) is 2.90. The topological polar surface area (TPSA) is 131 Å². The van der Waals surface area contributed by atoms with Gasteiger partial charge in [0.25, 0.3) is 5.91 Å². The van der Waals surface area contributed by atoms with E-state index in [0.29, 0.717) is 53.1 Å². The Morgan fingerprint density at radius 3 is 2.61 bits per heavy atom. The molecule has 0 bridgehead atoms. The fourth-order valence-electron chi connectivity index (χ4n) is 3.72. The number of nitrogens with zero attached hydrogens (tertiary/aromatic N) is 3. The molecule has 33 heavy (non-hydrogen) atoms. The molecule has 2 saturated carbocycles. The third-order valence-corrected chi connectivity index (χ3v) is 8.84. The van der Waals surface area contributed by atoms with Crippen LogP contribution in [-0.2, 0) is 19.5 Å². The fourth-order valence-corrected chi connectivity index (χ4v) is 6.18. The molecule has 2 aliphatic rings. The summed E-state index contributed by atoms with van der Waals surface area (Å²) in [7, 11) is -3.34. The minimum atomic E-state index is -3.34. The molecule has 11 heteroatoms. The zero-order chi connectivity index (χ0) is 23.0. The lowest BCUT2D eigenvalue weighted by Crippen LogP contribution is -2.25. The molecule has 0 radical (unpaired) electrons. The van der Waals surface area contributed by atoms with Crippen LogP contribution in [0.5, 0.6) is 0 Å². The number of aliphatic hydroxyl groups is 1. The number of hydrogen-bond acceptors (Lipinski definition) is 9. The summed E-state index contributed by atoms with van der Waals surface area (Å²) in [5.41, 5.74) is 1.08. The van der Waals surface area contributed by atoms with E-state index in [1.807, 2.05) is 0 Å². The number of sulfone groups is 1. The van der Waals surface area contributed by atoms with Crippen molar-refractivity contribution >= 4 is 48.3 Å². The van der Waals surface area contributed by atoms with E-state index in [9.17, 15) is 18.3 Å². The van der Waals surface area contributed by atoms with Crippen molar-refractivity contribution in [2.24, 2.45) is 5.16 Å². The lowest BCUT2D eigenvalue weighted by atomic mass is 10.1. The quantitative estimate of drug-likeness (QED) is 0.388. The molecule has 0 spiro atoms. The maximum absolute atomic E-state index is 13.1. The lowest BCUT2D eigenvalue weighted by molar-refractivity contribution is -0.110. The Hall–Kier alpha value is -2.89. The summed E-state index contributed by atoms with van der Waals surface area (Å²) < 4.78 is 25.0. The average Bonchev–Trinajstić information content (AvgIpc) is 3.47. The number of nitrogens with one attached hydrogen (secondary N) is 1. The van der Waals surface area contributed by atoms with Crippen molar-refractivity contribution in [3.05, 3.63) is 48.2 Å². The second kappa shape index (κ2) is 8.81. The number of amides is 1. The van der Waals surface area contributed by atoms with Crippen LogP contribution >= 0.6 is 11.3 Å². The lowest BCUT2D eigenvalue weighted by Gasteiger charge is -2.11. The molecule has 2 atom stereocenters. The number of hydrogen-bond donors (Lipinski definition) is 2. The van der Waals surface area contributed by atoms with Gasteiger partial charge in [0.2, 0.25) is 0 Å². The van der Waals surface area contributed by atoms with E-state index in [1.165, 1.54) is 23.5 Å². The Balaban J connectivity index is 1.41. The largest absolute Gasteiger partial charge is 0.393 e. The van der Waals surface area contributed by atoms with Gasteiger partial charge in [-0.1, -0.05) is 28.6 Å². The molecule has 2 N–H and O–H groups in total. The highest BCUT2D eigenvalue weighted by molar-refractivity contribution is 7.92. The zero-order valence-corrected chi connectivity index (χ0v) is 19.2. The van der Waals surface area contributed by atoms with Gasteiger partial charge in [-0.15, -0.1) is 0 Å². The normalized spacial score (nSPS) is 21.3. The number of aromatic nitrogens is 2. The van der Waals surface area contributed by atoms with E-state index in [1.54, 1.807) is 30.5 Å². The number of pyridine rings is 1. The van der Waals surface area contributed by atoms with E-state index in [-0.39, 0.29) is 22.0 Å². The summed E-state index contributed by atoms with van der Waals surface area (Å²) in [4.78, 5) is 28.2. The molecule has 9 nitrogen and oxygen atoms in total. The monoisotopic (exact) mass is 486 g/mol. The van der Waals surface area contributed by atoms with Crippen LogP contribution in [0.2, 0.25) is 0 Å². The standard InChI is InChI=1S/C22H22N4O5S2/c27-14-5-6-15(12-14)31-26-19(13-3-7-16(8-4-13)33(29,30)17-9-10-17)20(28)25-22-24-18-2-1-11-23-21(18)32-22/h1-4,7-8,11,14-15,17,27H,5-6,9-10,12H2,(H,24,25,28)/t14-,15-/m1/s1. The van der Waals surface area contributed by atoms with Gasteiger partial charge in [0.1, 0.15) is 16.5 Å². The Morgan fingerprint density at radius 1 is 1.15 bits per heavy atom. The van der Waals surface area contributed by atoms with E-state index in [4.69, 9.17) is 4.84 Å². The van der Waals surface area contributed by atoms with Crippen molar-refractivity contribution in [3.8, 4) is 0 Å². The third kappa shape index (κ3) is 4.75. The first-order valence-corrected chi connectivity index (χ1v) is 13.1. The van der Waals surface area contributed by atoms with Crippen LogP contribution in [0.4, 0.5) is 5.13 Å². The van der Waals surface area contributed by atoms with Gasteiger partial charge in [-0.2, -0.15) is 0 Å². The molecule has 0 unspecified atom stereocenters. The number of thiazole rings is 1. The second-order valence-electron chi connectivity index (χ2n) is 8.20. The Bertz CT molecular complexity index is 1280. The molecule has 1 aromatic carbocycles. The van der Waals surface area contributed by atoms with Crippen molar-refractivity contribution in [1.29, 1.82) is 0 Å². The Morgan fingerprint density at radius 2 is 1.94 bits per heavy atom. The highest BCUT2D eigenvalue weighted by Gasteiger charge is 2.37. The van der Waals surface area contributed by atoms with Crippen LogP contribution in [-0.4, -0.2) is 52.6 Å². The van der Waals surface area contributed by atoms with Crippen LogP contribution in [0.3, 0.4) is 0 Å². The molecule has 5 rings (SSSR count). The maximum Gasteiger partial charge on any atom is 0.280 e. The number of oxime groups is 1. The SMILES string of the molecule is O=C(Nc1nc2cccnc2s1)C(=NO[C@@H]1CC[C@@H](O)C1)c1ccc(S(=O)(=O)C2CC2)cc1. The van der Waals surface area contributed by atoms with Crippen LogP contribution < -0.4 is 5.32 Å². The van der Waals surface area contributed by atoms with Gasteiger partial charge < -0.3 is 9.94 Å². The smallest absolute Gasteiger partial charge is 0.280 e. The van der Waals surface area contributed by atoms with Crippen molar-refractivity contribution in [3.63, 3.8) is 0 Å². The van der Waals surface area contributed by atoms with Gasteiger partial charge in [-0.3, -0.25) is 10.1 Å². The molecule has 2 fully saturated rings. The molecule has 2 heterocycles. The maximum atomic E-state index is 13.1. The zero-order valence-electron chi connectivity index (χ0n) is 17.5. The summed E-state index contributed by atoms with van der Waals surface area (Å²) in [6.07, 6.45) is 3.99. The van der Waals surface area contributed by atoms with Gasteiger partial charge in [-0.05, 0) is 49.9 Å². The van der Waals surface area contributed by atoms with Crippen LogP contribution in [0.15, 0.2) is 52.6 Å². The van der Waals surface area contributed by atoms with Gasteiger partial charge in [0.05, 0.1) is 16.2 Å². The molecule has 2 aliphatic carbocycles. The average molecular weight is 487 g/mol. The third-order valence-electron chi connectivity index (χ3n) is 5.67. The number of aliphatic hydroxyl groups excluding tert-OH is 1. The number of rotatable bonds is 7. The van der Waals surface area contributed by atoms with Crippen molar-refractivity contribution < 1.29 is 23.2 Å². The minimum absolute atomic E-state index is 0.000949. The molecule has 3 aromatic rings. The number of fused-ring (bicyclic) bond motifs is 1. The number of anilines is 1. The van der Waals surface area contributed by atoms with Gasteiger partial charge in [-0.25, -0.2) is 18.4 Å². The first kappa shape index (κ1) is 21.9. The summed E-state index contributed by atoms with van der Waals surface area (Å²) in [5.74, 6) is -0.537. The van der Waals surface area contributed by atoms with E-state index >= 15 is 0 Å². The van der Waals surface area contributed by atoms with E-state index < -0.39 is 21.8 Å². The summed E-state index contributed by atoms with van der Waals surface area (Å²) in [6, 6.07) is 9.67. The summed E-state index contributed by atoms with van der Waals surface area (Å²) in [6.45, 7) is 0. The molecule has 0 saturated heterocycles. The minimum Gasteiger partial charge on any atom is -0.393 e. The van der Waals surface area contributed by atoms with Gasteiger partial charge in [0.15, 0.2) is 20.7 Å². The van der Waals surface area contributed by atoms with Gasteiger partial charge >= 0.3 is 0 Å². The summed E-state index contributed by atoms with van der Waals surface area (Å²) in [5, 5.41) is 16.6. The highest BCUT2D eigenvalue weighted by atomic mass is 32.2. The van der Waals surface area contributed by atoms with E-state index in [0.717, 1.165) is 0 Å². The molecule has 1 amide bonds. The predicted molar refractivity (Wildman–Crippen MR) is 124 cm³/mol. The fraction of sp³-hybridized carbons (Fsp3) is 0.364. The molecule has 2 aromatic heterocycles. The van der Waals surface area contributed by atoms with Crippen LogP contribution in [0, 0.1) is 0 Å². The van der Waals surface area contributed by atoms with Crippen LogP contribution in [0.1, 0.15) is 37.7 Å². The highest BCUT2D eigenvalue weighted by Crippen LogP contribution is 2.33. The molecule has 172 valence electrons. The Kier molecular flexibility index (Phi) is 5.85. The van der Waals surface area contributed by atoms with Crippen molar-refractivity contribution in [2.45, 2.75) is 54.5 Å². The number of carbonyl (C=O) groups excluding carboxylic acids is 1. The first-order valence-electron chi connectivity index (χ1n) is 10.7. The second-order valence-corrected chi connectivity index (χ2v) is 11.4. The summed E-state index contributed by atoms with van der Waals surface area (Å²) >= 11 is 1.24. The first-order chi connectivity index (χ1) is 15.9. The number of carbonyl (C=O) groups is 1. The van der Waals surface area contributed by atoms with Crippen molar-refractivity contribution in [1.82, 2.24) is 9.97 Å². The number of benzene rings is 1. The Labute approximate surface area is 194 Å². The van der Waals surface area contributed by atoms with Gasteiger partial charge in [0, 0.05) is 18.2 Å². The van der Waals surface area contributed by atoms with Crippen LogP contribution in [0.25, 0.3) is 10.3 Å².